The molecular formula is C21H25F3N4O2. The van der Waals surface area contributed by atoms with E-state index in [0.717, 1.165) is 64.0 Å². The molecule has 9 heteroatoms. The average molecular weight is 422 g/mol. The van der Waals surface area contributed by atoms with Crippen LogP contribution in [0.15, 0.2) is 28.8 Å². The van der Waals surface area contributed by atoms with E-state index in [9.17, 15) is 18.0 Å². The van der Waals surface area contributed by atoms with Crippen molar-refractivity contribution in [1.29, 1.82) is 0 Å². The van der Waals surface area contributed by atoms with Crippen molar-refractivity contribution in [2.24, 2.45) is 5.92 Å². The third kappa shape index (κ3) is 4.83. The summed E-state index contributed by atoms with van der Waals surface area (Å²) >= 11 is 0. The van der Waals surface area contributed by atoms with Gasteiger partial charge in [0.05, 0.1) is 12.1 Å². The Morgan fingerprint density at radius 2 is 1.83 bits per heavy atom. The van der Waals surface area contributed by atoms with Crippen LogP contribution in [0.3, 0.4) is 0 Å². The maximum atomic E-state index is 12.9. The third-order valence-corrected chi connectivity index (χ3v) is 5.88. The lowest BCUT2D eigenvalue weighted by Crippen LogP contribution is -2.44. The van der Waals surface area contributed by atoms with Gasteiger partial charge in [0, 0.05) is 24.6 Å². The number of carbonyl (C=O) groups is 1. The lowest BCUT2D eigenvalue weighted by molar-refractivity contribution is -0.138. The molecule has 0 aliphatic carbocycles. The molecule has 2 aromatic rings. The lowest BCUT2D eigenvalue weighted by Gasteiger charge is -2.35. The average Bonchev–Trinajstić information content (AvgIpc) is 3.22. The molecule has 3 heterocycles. The second-order valence-corrected chi connectivity index (χ2v) is 8.03. The largest absolute Gasteiger partial charge is 0.416 e. The number of nitrogens with zero attached hydrogens (tertiary/aromatic N) is 4. The van der Waals surface area contributed by atoms with Crippen LogP contribution >= 0.6 is 0 Å². The maximum absolute atomic E-state index is 12.9. The standard InChI is InChI=1S/C21H25F3N4O2/c22-21(23,24)17-6-4-5-16(13-17)19-25-18(30-26-19)14-27-11-7-15(8-12-27)20(29)28-9-2-1-3-10-28/h4-6,13,15H,1-3,7-12,14H2. The first-order valence-corrected chi connectivity index (χ1v) is 10.4. The number of likely N-dealkylation sites (tertiary alicyclic amines) is 2. The van der Waals surface area contributed by atoms with Crippen LogP contribution in [0.2, 0.25) is 0 Å². The van der Waals surface area contributed by atoms with Crippen LogP contribution in [-0.2, 0) is 17.5 Å². The molecule has 2 aliphatic heterocycles. The van der Waals surface area contributed by atoms with Crippen molar-refractivity contribution in [2.75, 3.05) is 26.2 Å². The number of carbonyl (C=O) groups excluding carboxylic acids is 1. The fourth-order valence-corrected chi connectivity index (χ4v) is 4.17. The first-order valence-electron chi connectivity index (χ1n) is 10.4. The predicted octanol–water partition coefficient (Wildman–Crippen LogP) is 3.98. The molecule has 1 aromatic heterocycles. The van der Waals surface area contributed by atoms with E-state index < -0.39 is 11.7 Å². The second-order valence-electron chi connectivity index (χ2n) is 8.03. The van der Waals surface area contributed by atoms with E-state index in [0.29, 0.717) is 12.4 Å². The number of hydrogen-bond donors (Lipinski definition) is 0. The Balaban J connectivity index is 1.32. The zero-order chi connectivity index (χ0) is 21.1. The Morgan fingerprint density at radius 1 is 1.10 bits per heavy atom. The first-order chi connectivity index (χ1) is 14.4. The van der Waals surface area contributed by atoms with Crippen LogP contribution in [-0.4, -0.2) is 52.0 Å². The number of piperidine rings is 2. The highest BCUT2D eigenvalue weighted by molar-refractivity contribution is 5.79. The molecule has 0 radical (unpaired) electrons. The normalized spacial score (nSPS) is 19.2. The molecule has 4 rings (SSSR count). The minimum absolute atomic E-state index is 0.0719. The summed E-state index contributed by atoms with van der Waals surface area (Å²) in [5.74, 6) is 0.858. The molecule has 0 saturated carbocycles. The summed E-state index contributed by atoms with van der Waals surface area (Å²) in [4.78, 5) is 21.1. The van der Waals surface area contributed by atoms with Crippen LogP contribution in [0, 0.1) is 5.92 Å². The van der Waals surface area contributed by atoms with Gasteiger partial charge in [-0.2, -0.15) is 18.2 Å². The van der Waals surface area contributed by atoms with Crippen molar-refractivity contribution in [3.05, 3.63) is 35.7 Å². The zero-order valence-electron chi connectivity index (χ0n) is 16.7. The Morgan fingerprint density at radius 3 is 2.53 bits per heavy atom. The Kier molecular flexibility index (Phi) is 6.08. The molecular weight excluding hydrogens is 397 g/mol. The van der Waals surface area contributed by atoms with Gasteiger partial charge in [0.1, 0.15) is 0 Å². The Bertz CT molecular complexity index is 869. The number of halogens is 3. The molecule has 6 nitrogen and oxygen atoms in total. The third-order valence-electron chi connectivity index (χ3n) is 5.88. The molecule has 0 unspecified atom stereocenters. The number of rotatable bonds is 4. The van der Waals surface area contributed by atoms with E-state index in [1.165, 1.54) is 18.6 Å². The molecule has 1 aromatic carbocycles. The molecule has 2 fully saturated rings. The quantitative estimate of drug-likeness (QED) is 0.746. The van der Waals surface area contributed by atoms with E-state index in [2.05, 4.69) is 15.0 Å². The summed E-state index contributed by atoms with van der Waals surface area (Å²) in [5, 5.41) is 3.84. The number of alkyl halides is 3. The molecule has 0 N–H and O–H groups in total. The Labute approximate surface area is 173 Å². The van der Waals surface area contributed by atoms with E-state index in [1.807, 2.05) is 4.90 Å². The van der Waals surface area contributed by atoms with Crippen molar-refractivity contribution in [2.45, 2.75) is 44.8 Å². The summed E-state index contributed by atoms with van der Waals surface area (Å²) in [7, 11) is 0. The van der Waals surface area contributed by atoms with Crippen molar-refractivity contribution in [3.8, 4) is 11.4 Å². The lowest BCUT2D eigenvalue weighted by atomic mass is 9.94. The Hall–Kier alpha value is -2.42. The number of amides is 1. The van der Waals surface area contributed by atoms with Crippen molar-refractivity contribution >= 4 is 5.91 Å². The van der Waals surface area contributed by atoms with Crippen LogP contribution in [0.1, 0.15) is 43.6 Å². The van der Waals surface area contributed by atoms with E-state index >= 15 is 0 Å². The fraction of sp³-hybridized carbons (Fsp3) is 0.571. The molecule has 1 amide bonds. The fourth-order valence-electron chi connectivity index (χ4n) is 4.17. The summed E-state index contributed by atoms with van der Waals surface area (Å²) in [6, 6.07) is 4.89. The number of aromatic nitrogens is 2. The first kappa shape index (κ1) is 20.8. The summed E-state index contributed by atoms with van der Waals surface area (Å²) in [6.45, 7) is 3.69. The molecule has 2 saturated heterocycles. The second kappa shape index (κ2) is 8.75. The SMILES string of the molecule is O=C(C1CCN(Cc2nc(-c3cccc(C(F)(F)F)c3)no2)CC1)N1CCCCC1. The van der Waals surface area contributed by atoms with Crippen LogP contribution in [0.4, 0.5) is 13.2 Å². The van der Waals surface area contributed by atoms with Crippen LogP contribution in [0.5, 0.6) is 0 Å². The van der Waals surface area contributed by atoms with Crippen molar-refractivity contribution in [3.63, 3.8) is 0 Å². The minimum Gasteiger partial charge on any atom is -0.342 e. The van der Waals surface area contributed by atoms with Crippen molar-refractivity contribution < 1.29 is 22.5 Å². The molecule has 0 bridgehead atoms. The number of benzene rings is 1. The summed E-state index contributed by atoms with van der Waals surface area (Å²) < 4.78 is 44.0. The zero-order valence-corrected chi connectivity index (χ0v) is 16.7. The molecule has 162 valence electrons. The van der Waals surface area contributed by atoms with Gasteiger partial charge in [-0.05, 0) is 57.3 Å². The van der Waals surface area contributed by atoms with Gasteiger partial charge >= 0.3 is 6.18 Å². The monoisotopic (exact) mass is 422 g/mol. The van der Waals surface area contributed by atoms with Gasteiger partial charge in [-0.15, -0.1) is 0 Å². The van der Waals surface area contributed by atoms with Crippen LogP contribution < -0.4 is 0 Å². The van der Waals surface area contributed by atoms with Gasteiger partial charge < -0.3 is 9.42 Å². The van der Waals surface area contributed by atoms with E-state index in [1.54, 1.807) is 0 Å². The van der Waals surface area contributed by atoms with Gasteiger partial charge in [0.15, 0.2) is 0 Å². The van der Waals surface area contributed by atoms with Gasteiger partial charge in [0.2, 0.25) is 17.6 Å². The summed E-state index contributed by atoms with van der Waals surface area (Å²) in [5.41, 5.74) is -0.475. The van der Waals surface area contributed by atoms with E-state index in [-0.39, 0.29) is 23.2 Å². The van der Waals surface area contributed by atoms with Crippen LogP contribution in [0.25, 0.3) is 11.4 Å². The van der Waals surface area contributed by atoms with Crippen molar-refractivity contribution in [1.82, 2.24) is 19.9 Å². The van der Waals surface area contributed by atoms with Gasteiger partial charge in [-0.3, -0.25) is 9.69 Å². The molecule has 0 atom stereocenters. The molecule has 2 aliphatic rings. The number of hydrogen-bond acceptors (Lipinski definition) is 5. The molecule has 30 heavy (non-hydrogen) atoms. The van der Waals surface area contributed by atoms with E-state index in [4.69, 9.17) is 4.52 Å². The highest BCUT2D eigenvalue weighted by atomic mass is 19.4. The highest BCUT2D eigenvalue weighted by Gasteiger charge is 2.31. The van der Waals surface area contributed by atoms with Gasteiger partial charge in [-0.1, -0.05) is 17.3 Å². The topological polar surface area (TPSA) is 62.5 Å². The van der Waals surface area contributed by atoms with Gasteiger partial charge in [-0.25, -0.2) is 0 Å². The minimum atomic E-state index is -4.42. The highest BCUT2D eigenvalue weighted by Crippen LogP contribution is 2.31. The molecule has 0 spiro atoms. The summed E-state index contributed by atoms with van der Waals surface area (Å²) in [6.07, 6.45) is 0.563. The maximum Gasteiger partial charge on any atom is 0.416 e. The predicted molar refractivity (Wildman–Crippen MR) is 103 cm³/mol. The smallest absolute Gasteiger partial charge is 0.342 e. The van der Waals surface area contributed by atoms with Gasteiger partial charge in [0.25, 0.3) is 0 Å².